The molecule has 0 aliphatic carbocycles. The topological polar surface area (TPSA) is 179 Å². The molecule has 0 unspecified atom stereocenters. The van der Waals surface area contributed by atoms with E-state index in [2.05, 4.69) is 28.2 Å². The highest BCUT2D eigenvalue weighted by Crippen LogP contribution is 2.29. The molecule has 5 N–H and O–H groups in total. The van der Waals surface area contributed by atoms with E-state index >= 15 is 0 Å². The molecule has 1 aliphatic rings. The van der Waals surface area contributed by atoms with Gasteiger partial charge in [-0.1, -0.05) is 6.92 Å². The fourth-order valence-electron chi connectivity index (χ4n) is 3.59. The van der Waals surface area contributed by atoms with E-state index in [0.717, 1.165) is 12.8 Å². The number of nitrogens with zero attached hydrogens (tertiary/aromatic N) is 1. The van der Waals surface area contributed by atoms with Crippen molar-refractivity contribution in [2.75, 3.05) is 25.0 Å². The van der Waals surface area contributed by atoms with E-state index in [9.17, 15) is 27.6 Å². The van der Waals surface area contributed by atoms with Crippen molar-refractivity contribution in [3.05, 3.63) is 57.6 Å². The largest absolute Gasteiger partial charge is 0.452 e. The fourth-order valence-corrected chi connectivity index (χ4v) is 6.01. The van der Waals surface area contributed by atoms with Crippen LogP contribution in [0.25, 0.3) is 0 Å². The number of anilines is 1. The monoisotopic (exact) mass is 580 g/mol. The summed E-state index contributed by atoms with van der Waals surface area (Å²) in [4.78, 5) is 47.7. The summed E-state index contributed by atoms with van der Waals surface area (Å²) in [7, 11) is -3.84. The predicted molar refractivity (Wildman–Crippen MR) is 134 cm³/mol. The molecule has 2 aromatic rings. The third-order valence-electron chi connectivity index (χ3n) is 5.65. The average molecular weight is 581 g/mol. The van der Waals surface area contributed by atoms with Crippen molar-refractivity contribution in [1.82, 2.24) is 4.31 Å². The number of ether oxygens (including phenoxy) is 1. The zero-order valence-corrected chi connectivity index (χ0v) is 21.7. The van der Waals surface area contributed by atoms with Gasteiger partial charge in [0.05, 0.1) is 10.5 Å². The Morgan fingerprint density at radius 3 is 2.14 bits per heavy atom. The fraction of sp³-hybridized carbons (Fsp3) is 0.304. The molecule has 1 saturated heterocycles. The number of carbonyl (C=O) groups excluding carboxylic acids is 4. The van der Waals surface area contributed by atoms with Crippen LogP contribution >= 0.6 is 15.9 Å². The second kappa shape index (κ2) is 11.2. The third kappa shape index (κ3) is 6.47. The number of esters is 1. The number of benzene rings is 2. The molecule has 3 rings (SSSR count). The summed E-state index contributed by atoms with van der Waals surface area (Å²) in [6, 6.07) is 7.66. The Bertz CT molecular complexity index is 1290. The lowest BCUT2D eigenvalue weighted by Gasteiger charge is -2.29. The van der Waals surface area contributed by atoms with Gasteiger partial charge >= 0.3 is 5.97 Å². The van der Waals surface area contributed by atoms with Crippen LogP contribution in [0.3, 0.4) is 0 Å². The molecule has 13 heteroatoms. The van der Waals surface area contributed by atoms with E-state index in [1.807, 2.05) is 0 Å². The lowest BCUT2D eigenvalue weighted by molar-refractivity contribution is -0.119. The molecule has 11 nitrogen and oxygen atoms in total. The molecule has 1 heterocycles. The average Bonchev–Trinajstić information content (AvgIpc) is 2.82. The van der Waals surface area contributed by atoms with Crippen molar-refractivity contribution >= 4 is 55.3 Å². The van der Waals surface area contributed by atoms with Crippen LogP contribution in [0.2, 0.25) is 0 Å². The number of sulfonamides is 1. The molecule has 0 aromatic heterocycles. The first-order valence-electron chi connectivity index (χ1n) is 10.9. The summed E-state index contributed by atoms with van der Waals surface area (Å²) < 4.78 is 33.0. The van der Waals surface area contributed by atoms with E-state index in [0.29, 0.717) is 23.5 Å². The molecule has 0 saturated carbocycles. The lowest BCUT2D eigenvalue weighted by atomic mass is 10.0. The molecular weight excluding hydrogens is 556 g/mol. The smallest absolute Gasteiger partial charge is 0.338 e. The normalized spacial score (nSPS) is 14.7. The minimum absolute atomic E-state index is 0.0500. The Balaban J connectivity index is 1.70. The summed E-state index contributed by atoms with van der Waals surface area (Å²) in [5.74, 6) is -2.91. The molecule has 1 fully saturated rings. The van der Waals surface area contributed by atoms with Gasteiger partial charge < -0.3 is 21.5 Å². The van der Waals surface area contributed by atoms with Crippen molar-refractivity contribution in [2.24, 2.45) is 17.4 Å². The van der Waals surface area contributed by atoms with E-state index in [1.54, 1.807) is 0 Å². The van der Waals surface area contributed by atoms with Crippen molar-refractivity contribution in [1.29, 1.82) is 0 Å². The van der Waals surface area contributed by atoms with E-state index in [1.165, 1.54) is 40.7 Å². The second-order valence-corrected chi connectivity index (χ2v) is 11.1. The van der Waals surface area contributed by atoms with E-state index in [-0.39, 0.29) is 27.3 Å². The molecule has 192 valence electrons. The lowest BCUT2D eigenvalue weighted by Crippen LogP contribution is -2.38. The Morgan fingerprint density at radius 2 is 1.58 bits per heavy atom. The van der Waals surface area contributed by atoms with Crippen LogP contribution in [0.4, 0.5) is 5.69 Å². The maximum Gasteiger partial charge on any atom is 0.338 e. The van der Waals surface area contributed by atoms with Crippen LogP contribution in [-0.4, -0.2) is 56.1 Å². The van der Waals surface area contributed by atoms with Gasteiger partial charge in [-0.15, -0.1) is 0 Å². The van der Waals surface area contributed by atoms with Crippen LogP contribution in [0, 0.1) is 5.92 Å². The summed E-state index contributed by atoms with van der Waals surface area (Å²) in [6.45, 7) is 2.13. The van der Waals surface area contributed by atoms with Gasteiger partial charge in [0.2, 0.25) is 21.8 Å². The number of hydrogen-bond donors (Lipinski definition) is 3. The summed E-state index contributed by atoms with van der Waals surface area (Å²) in [6.07, 6.45) is 1.49. The first-order chi connectivity index (χ1) is 16.9. The van der Waals surface area contributed by atoms with Crippen molar-refractivity contribution < 1.29 is 32.3 Å². The van der Waals surface area contributed by atoms with Gasteiger partial charge in [-0.25, -0.2) is 13.2 Å². The first-order valence-corrected chi connectivity index (χ1v) is 13.1. The number of carbonyl (C=O) groups is 4. The minimum Gasteiger partial charge on any atom is -0.452 e. The van der Waals surface area contributed by atoms with Crippen LogP contribution < -0.4 is 16.8 Å². The summed E-state index contributed by atoms with van der Waals surface area (Å²) in [5.41, 5.74) is 10.4. The Labute approximate surface area is 216 Å². The van der Waals surface area contributed by atoms with Crippen LogP contribution in [0.5, 0.6) is 0 Å². The first kappa shape index (κ1) is 27.3. The van der Waals surface area contributed by atoms with Gasteiger partial charge in [0, 0.05) is 34.4 Å². The maximum absolute atomic E-state index is 13.1. The Kier molecular flexibility index (Phi) is 8.48. The van der Waals surface area contributed by atoms with E-state index < -0.39 is 40.3 Å². The molecular formula is C23H25BrN4O7S. The van der Waals surface area contributed by atoms with Gasteiger partial charge in [-0.3, -0.25) is 14.4 Å². The Hall–Kier alpha value is -3.29. The highest BCUT2D eigenvalue weighted by atomic mass is 79.9. The van der Waals surface area contributed by atoms with E-state index in [4.69, 9.17) is 16.2 Å². The van der Waals surface area contributed by atoms with Gasteiger partial charge in [0.1, 0.15) is 0 Å². The summed E-state index contributed by atoms with van der Waals surface area (Å²) in [5, 5.41) is 2.39. The van der Waals surface area contributed by atoms with Gasteiger partial charge in [-0.2, -0.15) is 4.31 Å². The number of primary amides is 2. The number of amides is 3. The molecule has 1 aliphatic heterocycles. The van der Waals surface area contributed by atoms with Crippen molar-refractivity contribution in [3.63, 3.8) is 0 Å². The van der Waals surface area contributed by atoms with Crippen LogP contribution in [0.1, 0.15) is 50.8 Å². The standard InChI is InChI=1S/C23H25BrN4O7S/c1-13-4-6-28(7-5-13)36(33,34)19-11-14(2-3-18(19)24)23(32)35-12-20(29)27-17-9-15(21(25)30)8-16(10-17)22(26)31/h2-3,8-11,13H,4-7,12H2,1H3,(H2,25,30)(H2,26,31)(H,27,29). The van der Waals surface area contributed by atoms with Crippen LogP contribution in [0.15, 0.2) is 45.8 Å². The number of nitrogens with one attached hydrogen (secondary N) is 1. The molecule has 3 amide bonds. The summed E-state index contributed by atoms with van der Waals surface area (Å²) >= 11 is 3.24. The molecule has 0 bridgehead atoms. The number of nitrogens with two attached hydrogens (primary N) is 2. The number of hydrogen-bond acceptors (Lipinski definition) is 7. The maximum atomic E-state index is 13.1. The zero-order valence-electron chi connectivity index (χ0n) is 19.3. The molecule has 0 atom stereocenters. The second-order valence-electron chi connectivity index (χ2n) is 8.38. The predicted octanol–water partition coefficient (Wildman–Crippen LogP) is 1.86. The highest BCUT2D eigenvalue weighted by molar-refractivity contribution is 9.10. The SMILES string of the molecule is CC1CCN(S(=O)(=O)c2cc(C(=O)OCC(=O)Nc3cc(C(N)=O)cc(C(N)=O)c3)ccc2Br)CC1. The molecule has 0 radical (unpaired) electrons. The van der Waals surface area contributed by atoms with Crippen LogP contribution in [-0.2, 0) is 19.6 Å². The molecule has 36 heavy (non-hydrogen) atoms. The Morgan fingerprint density at radius 1 is 1.00 bits per heavy atom. The quantitative estimate of drug-likeness (QED) is 0.398. The number of rotatable bonds is 8. The molecule has 2 aromatic carbocycles. The van der Waals surface area contributed by atoms with Crippen molar-refractivity contribution in [3.8, 4) is 0 Å². The zero-order chi connectivity index (χ0) is 26.6. The van der Waals surface area contributed by atoms with Crippen molar-refractivity contribution in [2.45, 2.75) is 24.7 Å². The van der Waals surface area contributed by atoms with Gasteiger partial charge in [0.15, 0.2) is 6.61 Å². The number of piperidine rings is 1. The number of halogens is 1. The van der Waals surface area contributed by atoms with Gasteiger partial charge in [0.25, 0.3) is 5.91 Å². The van der Waals surface area contributed by atoms with Gasteiger partial charge in [-0.05, 0) is 71.1 Å². The molecule has 0 spiro atoms. The minimum atomic E-state index is -3.84. The third-order valence-corrected chi connectivity index (χ3v) is 8.54. The highest BCUT2D eigenvalue weighted by Gasteiger charge is 2.30.